The summed E-state index contributed by atoms with van der Waals surface area (Å²) in [5.74, 6) is 3.19. The highest BCUT2D eigenvalue weighted by Crippen LogP contribution is 2.32. The summed E-state index contributed by atoms with van der Waals surface area (Å²) >= 11 is 0. The number of hydrogen-bond donors (Lipinski definition) is 2. The standard InChI is InChI=1S/C17H17F3N2O3/c1-10-5-6-11(8-13(10)17(18,19)20)4-3-7-21-15(24)12-9-22(2)16(25)14(12)23/h5-6,8,12,14,23H,7,9H2,1-2H3,(H,21,24). The zero-order valence-electron chi connectivity index (χ0n) is 13.6. The predicted octanol–water partition coefficient (Wildman–Crippen LogP) is 0.931. The second kappa shape index (κ2) is 7.15. The van der Waals surface area contributed by atoms with Gasteiger partial charge in [0.15, 0.2) is 0 Å². The Kier molecular flexibility index (Phi) is 5.38. The summed E-state index contributed by atoms with van der Waals surface area (Å²) in [6, 6.07) is 3.76. The molecule has 1 aromatic carbocycles. The van der Waals surface area contributed by atoms with Gasteiger partial charge in [-0.05, 0) is 24.6 Å². The average molecular weight is 354 g/mol. The average Bonchev–Trinajstić information content (AvgIpc) is 2.79. The number of carbonyl (C=O) groups is 2. The molecule has 2 rings (SSSR count). The second-order valence-electron chi connectivity index (χ2n) is 5.82. The molecule has 8 heteroatoms. The number of nitrogens with zero attached hydrogens (tertiary/aromatic N) is 1. The zero-order valence-corrected chi connectivity index (χ0v) is 13.6. The van der Waals surface area contributed by atoms with Crippen LogP contribution in [0, 0.1) is 24.7 Å². The van der Waals surface area contributed by atoms with E-state index in [0.717, 1.165) is 6.07 Å². The number of aryl methyl sites for hydroxylation is 1. The van der Waals surface area contributed by atoms with Crippen LogP contribution in [-0.2, 0) is 15.8 Å². The number of alkyl halides is 3. The Bertz CT molecular complexity index is 750. The first-order valence-corrected chi connectivity index (χ1v) is 7.48. The number of rotatable bonds is 2. The van der Waals surface area contributed by atoms with E-state index >= 15 is 0 Å². The molecule has 0 aromatic heterocycles. The number of halogens is 3. The summed E-state index contributed by atoms with van der Waals surface area (Å²) in [5, 5.41) is 12.1. The molecule has 0 aliphatic carbocycles. The molecule has 2 amide bonds. The molecular weight excluding hydrogens is 337 g/mol. The summed E-state index contributed by atoms with van der Waals surface area (Å²) in [6.45, 7) is 1.37. The molecule has 0 radical (unpaired) electrons. The molecule has 1 aliphatic rings. The van der Waals surface area contributed by atoms with Crippen molar-refractivity contribution in [2.45, 2.75) is 19.2 Å². The summed E-state index contributed by atoms with van der Waals surface area (Å²) < 4.78 is 38.5. The topological polar surface area (TPSA) is 69.6 Å². The Balaban J connectivity index is 1.97. The maximum Gasteiger partial charge on any atom is 0.416 e. The van der Waals surface area contributed by atoms with Gasteiger partial charge in [-0.1, -0.05) is 17.9 Å². The van der Waals surface area contributed by atoms with E-state index in [1.165, 1.54) is 31.0 Å². The number of hydrogen-bond acceptors (Lipinski definition) is 3. The van der Waals surface area contributed by atoms with Crippen LogP contribution in [0.5, 0.6) is 0 Å². The molecule has 0 bridgehead atoms. The van der Waals surface area contributed by atoms with Crippen LogP contribution >= 0.6 is 0 Å². The number of likely N-dealkylation sites (tertiary alicyclic amines) is 1. The highest BCUT2D eigenvalue weighted by Gasteiger charge is 2.41. The first kappa shape index (κ1) is 18.8. The normalized spacial score (nSPS) is 20.2. The van der Waals surface area contributed by atoms with Crippen LogP contribution in [0.1, 0.15) is 16.7 Å². The van der Waals surface area contributed by atoms with E-state index in [9.17, 15) is 27.9 Å². The number of likely N-dealkylation sites (N-methyl/N-ethyl adjacent to an activating group) is 1. The first-order valence-electron chi connectivity index (χ1n) is 7.48. The molecule has 1 aromatic rings. The minimum atomic E-state index is -4.45. The number of aliphatic hydroxyl groups is 1. The Morgan fingerprint density at radius 2 is 2.12 bits per heavy atom. The lowest BCUT2D eigenvalue weighted by molar-refractivity contribution is -0.138. The Hall–Kier alpha value is -2.53. The lowest BCUT2D eigenvalue weighted by atomic mass is 10.0. The van der Waals surface area contributed by atoms with Gasteiger partial charge in [-0.25, -0.2) is 0 Å². The second-order valence-corrected chi connectivity index (χ2v) is 5.82. The molecule has 1 heterocycles. The SMILES string of the molecule is Cc1ccc(C#CCNC(=O)C2CN(C)C(=O)C2O)cc1C(F)(F)F. The van der Waals surface area contributed by atoms with Crippen LogP contribution in [0.4, 0.5) is 13.2 Å². The third-order valence-corrected chi connectivity index (χ3v) is 3.94. The van der Waals surface area contributed by atoms with E-state index in [1.807, 2.05) is 0 Å². The van der Waals surface area contributed by atoms with Gasteiger partial charge in [-0.15, -0.1) is 0 Å². The third-order valence-electron chi connectivity index (χ3n) is 3.94. The fraction of sp³-hybridized carbons (Fsp3) is 0.412. The molecule has 25 heavy (non-hydrogen) atoms. The van der Waals surface area contributed by atoms with Crippen LogP contribution in [0.15, 0.2) is 18.2 Å². The summed E-state index contributed by atoms with van der Waals surface area (Å²) in [4.78, 5) is 24.6. The Morgan fingerprint density at radius 1 is 1.44 bits per heavy atom. The van der Waals surface area contributed by atoms with Crippen molar-refractivity contribution in [3.8, 4) is 11.8 Å². The minimum Gasteiger partial charge on any atom is -0.382 e. The highest BCUT2D eigenvalue weighted by molar-refractivity contribution is 5.92. The summed E-state index contributed by atoms with van der Waals surface area (Å²) in [6.07, 6.45) is -5.84. The Labute approximate surface area is 142 Å². The molecule has 134 valence electrons. The molecule has 1 aliphatic heterocycles. The largest absolute Gasteiger partial charge is 0.416 e. The van der Waals surface area contributed by atoms with Crippen molar-refractivity contribution in [2.75, 3.05) is 20.1 Å². The van der Waals surface area contributed by atoms with Crippen molar-refractivity contribution < 1.29 is 27.9 Å². The van der Waals surface area contributed by atoms with E-state index in [0.29, 0.717) is 0 Å². The van der Waals surface area contributed by atoms with Crippen molar-refractivity contribution in [3.05, 3.63) is 34.9 Å². The van der Waals surface area contributed by atoms with E-state index in [2.05, 4.69) is 17.2 Å². The van der Waals surface area contributed by atoms with Gasteiger partial charge in [0.2, 0.25) is 5.91 Å². The minimum absolute atomic E-state index is 0.102. The van der Waals surface area contributed by atoms with Gasteiger partial charge in [0.05, 0.1) is 18.0 Å². The molecule has 2 unspecified atom stereocenters. The number of amides is 2. The lowest BCUT2D eigenvalue weighted by Gasteiger charge is -2.11. The summed E-state index contributed by atoms with van der Waals surface area (Å²) in [7, 11) is 1.48. The maximum atomic E-state index is 12.8. The van der Waals surface area contributed by atoms with Gasteiger partial charge in [0, 0.05) is 19.2 Å². The number of carbonyl (C=O) groups excluding carboxylic acids is 2. The molecular formula is C17H17F3N2O3. The van der Waals surface area contributed by atoms with Gasteiger partial charge in [-0.3, -0.25) is 9.59 Å². The van der Waals surface area contributed by atoms with Crippen molar-refractivity contribution >= 4 is 11.8 Å². The fourth-order valence-corrected chi connectivity index (χ4v) is 2.52. The zero-order chi connectivity index (χ0) is 18.8. The summed E-state index contributed by atoms with van der Waals surface area (Å²) in [5.41, 5.74) is -0.461. The highest BCUT2D eigenvalue weighted by atomic mass is 19.4. The fourth-order valence-electron chi connectivity index (χ4n) is 2.52. The van der Waals surface area contributed by atoms with Gasteiger partial charge in [0.25, 0.3) is 5.91 Å². The van der Waals surface area contributed by atoms with Crippen LogP contribution in [0.3, 0.4) is 0 Å². The third kappa shape index (κ3) is 4.31. The predicted molar refractivity (Wildman–Crippen MR) is 83.2 cm³/mol. The first-order chi connectivity index (χ1) is 11.6. The lowest BCUT2D eigenvalue weighted by Crippen LogP contribution is -2.37. The van der Waals surface area contributed by atoms with Crippen LogP contribution < -0.4 is 5.32 Å². The Morgan fingerprint density at radius 3 is 2.68 bits per heavy atom. The van der Waals surface area contributed by atoms with Gasteiger partial charge in [0.1, 0.15) is 6.10 Å². The van der Waals surface area contributed by atoms with Crippen molar-refractivity contribution in [3.63, 3.8) is 0 Å². The van der Waals surface area contributed by atoms with E-state index in [-0.39, 0.29) is 24.2 Å². The van der Waals surface area contributed by atoms with Crippen LogP contribution in [-0.4, -0.2) is 48.1 Å². The molecule has 5 nitrogen and oxygen atoms in total. The van der Waals surface area contributed by atoms with Crippen molar-refractivity contribution in [1.29, 1.82) is 0 Å². The van der Waals surface area contributed by atoms with E-state index in [1.54, 1.807) is 0 Å². The number of nitrogens with one attached hydrogen (secondary N) is 1. The number of benzene rings is 1. The molecule has 0 spiro atoms. The van der Waals surface area contributed by atoms with Crippen molar-refractivity contribution in [2.24, 2.45) is 5.92 Å². The van der Waals surface area contributed by atoms with Gasteiger partial charge < -0.3 is 15.3 Å². The van der Waals surface area contributed by atoms with Gasteiger partial charge >= 0.3 is 6.18 Å². The quantitative estimate of drug-likeness (QED) is 0.777. The maximum absolute atomic E-state index is 12.8. The van der Waals surface area contributed by atoms with Crippen LogP contribution in [0.25, 0.3) is 0 Å². The number of aliphatic hydroxyl groups excluding tert-OH is 1. The van der Waals surface area contributed by atoms with Crippen molar-refractivity contribution in [1.82, 2.24) is 10.2 Å². The monoisotopic (exact) mass is 354 g/mol. The molecule has 1 fully saturated rings. The molecule has 2 atom stereocenters. The molecule has 0 saturated carbocycles. The molecule has 1 saturated heterocycles. The molecule has 2 N–H and O–H groups in total. The van der Waals surface area contributed by atoms with Gasteiger partial charge in [-0.2, -0.15) is 13.2 Å². The van der Waals surface area contributed by atoms with E-state index < -0.39 is 35.6 Å². The van der Waals surface area contributed by atoms with Crippen LogP contribution in [0.2, 0.25) is 0 Å². The van der Waals surface area contributed by atoms with E-state index in [4.69, 9.17) is 0 Å². The smallest absolute Gasteiger partial charge is 0.382 e.